The molecular weight excluding hydrogens is 590 g/mol. The van der Waals surface area contributed by atoms with Crippen molar-refractivity contribution >= 4 is 59.9 Å². The summed E-state index contributed by atoms with van der Waals surface area (Å²) in [5.74, 6) is -2.35. The lowest BCUT2D eigenvalue weighted by atomic mass is 9.63. The van der Waals surface area contributed by atoms with E-state index in [-0.39, 0.29) is 27.3 Å². The van der Waals surface area contributed by atoms with Crippen molar-refractivity contribution < 1.29 is 26.4 Å². The van der Waals surface area contributed by atoms with Crippen LogP contribution in [-0.2, 0) is 30.3 Å². The number of imidazole rings is 1. The molecule has 6 rings (SSSR count). The van der Waals surface area contributed by atoms with E-state index in [9.17, 15) is 26.4 Å². The number of sulfonamides is 2. The fraction of sp³-hybridized carbons (Fsp3) is 0.267. The zero-order valence-corrected chi connectivity index (χ0v) is 25.2. The number of H-pyrrole nitrogens is 1. The highest BCUT2D eigenvalue weighted by Crippen LogP contribution is 2.43. The SMILES string of the molecule is CC(C)CC[C@@]1(C)C(=O)C(C2=NS(=O)(=O)c3cc(NS(=O)(=O)c4nc5ccccc5[nH]4)ccc3N2)C(=O)c2ccccc21. The molecule has 0 spiro atoms. The molecule has 1 aromatic heterocycles. The summed E-state index contributed by atoms with van der Waals surface area (Å²) in [6, 6.07) is 17.6. The van der Waals surface area contributed by atoms with Crippen LogP contribution < -0.4 is 10.0 Å². The summed E-state index contributed by atoms with van der Waals surface area (Å²) in [5.41, 5.74) is 0.980. The number of aromatic amines is 1. The van der Waals surface area contributed by atoms with E-state index >= 15 is 0 Å². The lowest BCUT2D eigenvalue weighted by molar-refractivity contribution is -0.125. The van der Waals surface area contributed by atoms with Crippen molar-refractivity contribution in [1.29, 1.82) is 0 Å². The highest BCUT2D eigenvalue weighted by atomic mass is 32.2. The second kappa shape index (κ2) is 10.1. The van der Waals surface area contributed by atoms with Crippen LogP contribution in [0.4, 0.5) is 11.4 Å². The van der Waals surface area contributed by atoms with Crippen molar-refractivity contribution in [3.8, 4) is 0 Å². The Balaban J connectivity index is 1.34. The molecule has 2 atom stereocenters. The number of fused-ring (bicyclic) bond motifs is 3. The second-order valence-corrected chi connectivity index (χ2v) is 14.6. The number of aromatic nitrogens is 2. The monoisotopic (exact) mass is 619 g/mol. The molecule has 0 radical (unpaired) electrons. The molecule has 11 nitrogen and oxygen atoms in total. The molecule has 4 aromatic rings. The molecule has 222 valence electrons. The van der Waals surface area contributed by atoms with Crippen molar-refractivity contribution in [2.45, 2.75) is 49.1 Å². The summed E-state index contributed by atoms with van der Waals surface area (Å²) >= 11 is 0. The topological polar surface area (TPSA) is 168 Å². The van der Waals surface area contributed by atoms with Gasteiger partial charge in [0.25, 0.3) is 20.0 Å². The smallest absolute Gasteiger partial charge is 0.295 e. The quantitative estimate of drug-likeness (QED) is 0.251. The number of hydrogen-bond donors (Lipinski definition) is 3. The van der Waals surface area contributed by atoms with Crippen molar-refractivity contribution in [1.82, 2.24) is 9.97 Å². The molecular formula is C30H29N5O6S2. The molecule has 0 saturated heterocycles. The van der Waals surface area contributed by atoms with Gasteiger partial charge in [0, 0.05) is 5.56 Å². The first-order chi connectivity index (χ1) is 20.3. The summed E-state index contributed by atoms with van der Waals surface area (Å²) in [6.07, 6.45) is 1.21. The maximum absolute atomic E-state index is 14.0. The van der Waals surface area contributed by atoms with Gasteiger partial charge in [0.2, 0.25) is 5.16 Å². The van der Waals surface area contributed by atoms with Gasteiger partial charge in [0.05, 0.1) is 27.8 Å². The van der Waals surface area contributed by atoms with Gasteiger partial charge in [-0.15, -0.1) is 4.40 Å². The number of carbonyl (C=O) groups is 2. The number of hydrogen-bond acceptors (Lipinski definition) is 8. The average molecular weight is 620 g/mol. The lowest BCUT2D eigenvalue weighted by Gasteiger charge is -2.39. The number of carbonyl (C=O) groups excluding carboxylic acids is 2. The number of anilines is 2. The Morgan fingerprint density at radius 1 is 1.02 bits per heavy atom. The number of para-hydroxylation sites is 2. The molecule has 0 saturated carbocycles. The van der Waals surface area contributed by atoms with E-state index in [1.165, 1.54) is 12.1 Å². The zero-order chi connectivity index (χ0) is 30.7. The predicted octanol–water partition coefficient (Wildman–Crippen LogP) is 4.65. The first kappa shape index (κ1) is 28.7. The fourth-order valence-electron chi connectivity index (χ4n) is 5.62. The fourth-order valence-corrected chi connectivity index (χ4v) is 7.79. The normalized spacial score (nSPS) is 21.2. The van der Waals surface area contributed by atoms with Crippen LogP contribution in [0.2, 0.25) is 0 Å². The van der Waals surface area contributed by atoms with E-state index in [1.54, 1.807) is 55.5 Å². The van der Waals surface area contributed by atoms with E-state index in [1.807, 2.05) is 13.8 Å². The van der Waals surface area contributed by atoms with Crippen LogP contribution in [0.25, 0.3) is 11.0 Å². The Labute approximate surface area is 248 Å². The molecule has 43 heavy (non-hydrogen) atoms. The number of rotatable bonds is 7. The van der Waals surface area contributed by atoms with Crippen LogP contribution in [0.1, 0.15) is 49.5 Å². The van der Waals surface area contributed by atoms with Crippen LogP contribution in [0.3, 0.4) is 0 Å². The minimum atomic E-state index is -4.43. The number of ketones is 2. The highest BCUT2D eigenvalue weighted by molar-refractivity contribution is 7.92. The van der Waals surface area contributed by atoms with Crippen LogP contribution in [0, 0.1) is 11.8 Å². The van der Waals surface area contributed by atoms with Gasteiger partial charge in [0.1, 0.15) is 16.6 Å². The highest BCUT2D eigenvalue weighted by Gasteiger charge is 2.51. The van der Waals surface area contributed by atoms with Crippen LogP contribution in [0.15, 0.2) is 81.2 Å². The summed E-state index contributed by atoms with van der Waals surface area (Å²) in [6.45, 7) is 5.89. The van der Waals surface area contributed by atoms with Gasteiger partial charge >= 0.3 is 0 Å². The Kier molecular flexibility index (Phi) is 6.77. The van der Waals surface area contributed by atoms with Crippen molar-refractivity contribution in [3.05, 3.63) is 77.9 Å². The zero-order valence-electron chi connectivity index (χ0n) is 23.6. The van der Waals surface area contributed by atoms with Crippen LogP contribution in [-0.4, -0.2) is 44.2 Å². The molecule has 13 heteroatoms. The molecule has 3 N–H and O–H groups in total. The lowest BCUT2D eigenvalue weighted by Crippen LogP contribution is -2.51. The second-order valence-electron chi connectivity index (χ2n) is 11.4. The molecule has 0 amide bonds. The largest absolute Gasteiger partial charge is 0.341 e. The van der Waals surface area contributed by atoms with Gasteiger partial charge in [-0.25, -0.2) is 4.98 Å². The van der Waals surface area contributed by atoms with Gasteiger partial charge in [-0.05, 0) is 61.6 Å². The minimum Gasteiger partial charge on any atom is -0.341 e. The summed E-state index contributed by atoms with van der Waals surface area (Å²) in [7, 11) is -8.62. The summed E-state index contributed by atoms with van der Waals surface area (Å²) in [5, 5.41) is 2.56. The number of Topliss-reactive ketones (excluding diaryl/α,β-unsaturated/α-hetero) is 2. The third-order valence-electron chi connectivity index (χ3n) is 7.97. The summed E-state index contributed by atoms with van der Waals surface area (Å²) < 4.78 is 59.1. The Bertz CT molecular complexity index is 2030. The molecule has 1 aliphatic heterocycles. The molecule has 1 aliphatic carbocycles. The maximum Gasteiger partial charge on any atom is 0.295 e. The van der Waals surface area contributed by atoms with Crippen molar-refractivity contribution in [2.24, 2.45) is 16.2 Å². The first-order valence-corrected chi connectivity index (χ1v) is 16.6. The number of benzene rings is 3. The molecule has 2 aliphatic rings. The minimum absolute atomic E-state index is 0.0387. The van der Waals surface area contributed by atoms with Gasteiger partial charge in [-0.1, -0.05) is 50.2 Å². The van der Waals surface area contributed by atoms with Crippen molar-refractivity contribution in [3.63, 3.8) is 0 Å². The van der Waals surface area contributed by atoms with E-state index < -0.39 is 42.9 Å². The molecule has 1 unspecified atom stereocenters. The Morgan fingerprint density at radius 3 is 2.49 bits per heavy atom. The Morgan fingerprint density at radius 2 is 1.74 bits per heavy atom. The van der Waals surface area contributed by atoms with Crippen LogP contribution >= 0.6 is 0 Å². The average Bonchev–Trinajstić information content (AvgIpc) is 3.41. The van der Waals surface area contributed by atoms with Crippen molar-refractivity contribution in [2.75, 3.05) is 10.0 Å². The molecule has 0 fully saturated rings. The van der Waals surface area contributed by atoms with E-state index in [2.05, 4.69) is 24.4 Å². The predicted molar refractivity (Wildman–Crippen MR) is 162 cm³/mol. The Hall–Kier alpha value is -4.36. The number of nitrogens with zero attached hydrogens (tertiary/aromatic N) is 2. The van der Waals surface area contributed by atoms with Gasteiger partial charge in [0.15, 0.2) is 11.6 Å². The van der Waals surface area contributed by atoms with Crippen LogP contribution in [0.5, 0.6) is 0 Å². The van der Waals surface area contributed by atoms with E-state index in [0.717, 1.165) is 12.5 Å². The maximum atomic E-state index is 14.0. The van der Waals surface area contributed by atoms with E-state index in [4.69, 9.17) is 0 Å². The third-order valence-corrected chi connectivity index (χ3v) is 10.5. The van der Waals surface area contributed by atoms with Gasteiger partial charge < -0.3 is 10.3 Å². The standard InChI is InChI=1S/C30H29N5O6S2/c1-17(2)14-15-30(3)20-9-5-4-8-19(20)26(36)25(27(30)37)28-31-23-13-12-18(16-24(23)42(38,39)35-28)34-43(40,41)29-32-21-10-6-7-11-22(21)33-29/h4-13,16-17,25,34H,14-15H2,1-3H3,(H,31,35)(H,32,33)/t25?,30-/m1/s1. The molecule has 3 aromatic carbocycles. The third kappa shape index (κ3) is 4.91. The number of nitrogens with one attached hydrogen (secondary N) is 3. The number of amidine groups is 1. The van der Waals surface area contributed by atoms with Gasteiger partial charge in [-0.2, -0.15) is 16.8 Å². The molecule has 0 bridgehead atoms. The van der Waals surface area contributed by atoms with Gasteiger partial charge in [-0.3, -0.25) is 14.3 Å². The summed E-state index contributed by atoms with van der Waals surface area (Å²) in [4.78, 5) is 34.2. The van der Waals surface area contributed by atoms with E-state index in [0.29, 0.717) is 34.5 Å². The molecule has 2 heterocycles. The first-order valence-electron chi connectivity index (χ1n) is 13.7.